The summed E-state index contributed by atoms with van der Waals surface area (Å²) in [4.78, 5) is 29.9. The third-order valence-corrected chi connectivity index (χ3v) is 6.06. The lowest BCUT2D eigenvalue weighted by Crippen LogP contribution is -2.34. The van der Waals surface area contributed by atoms with Crippen LogP contribution in [0, 0.1) is 0 Å². The van der Waals surface area contributed by atoms with Crippen LogP contribution in [0.3, 0.4) is 0 Å². The van der Waals surface area contributed by atoms with Crippen LogP contribution in [0.4, 0.5) is 0 Å². The third kappa shape index (κ3) is 3.29. The van der Waals surface area contributed by atoms with Gasteiger partial charge in [-0.2, -0.15) is 0 Å². The first-order valence-corrected chi connectivity index (χ1v) is 10.5. The summed E-state index contributed by atoms with van der Waals surface area (Å²) in [7, 11) is 3.19. The molecule has 166 valence electrons. The van der Waals surface area contributed by atoms with Crippen molar-refractivity contribution in [3.63, 3.8) is 0 Å². The number of benzene rings is 3. The minimum absolute atomic E-state index is 0.299. The molecule has 2 N–H and O–H groups in total. The van der Waals surface area contributed by atoms with Crippen molar-refractivity contribution < 1.29 is 24.2 Å². The Morgan fingerprint density at radius 3 is 2.52 bits per heavy atom. The second-order valence-electron chi connectivity index (χ2n) is 7.84. The van der Waals surface area contributed by atoms with E-state index in [1.54, 1.807) is 26.4 Å². The summed E-state index contributed by atoms with van der Waals surface area (Å²) in [5.74, 6) is -0.0833. The van der Waals surface area contributed by atoms with Gasteiger partial charge >= 0.3 is 5.97 Å². The van der Waals surface area contributed by atoms with Crippen LogP contribution in [-0.4, -0.2) is 47.6 Å². The Morgan fingerprint density at radius 1 is 1.00 bits per heavy atom. The average molecular weight is 442 g/mol. The first kappa shape index (κ1) is 20.6. The predicted molar refractivity (Wildman–Crippen MR) is 124 cm³/mol. The number of ether oxygens (including phenoxy) is 2. The van der Waals surface area contributed by atoms with Crippen molar-refractivity contribution in [3.8, 4) is 22.8 Å². The standard InChI is InChI=1S/C26H22N2O5/c1-32-15-11-12-21(33-2)19(13-15)24-23(18-9-5-6-10-20(18)27-24)25-16-7-3-4-8-17(16)26(31)28(25)14-22(29)30/h3-13,25,27H,14H2,1-2H3,(H,29,30)/t25-/m1/s1. The number of carbonyl (C=O) groups excluding carboxylic acids is 1. The zero-order valence-corrected chi connectivity index (χ0v) is 18.2. The fourth-order valence-electron chi connectivity index (χ4n) is 4.66. The van der Waals surface area contributed by atoms with E-state index in [-0.39, 0.29) is 5.91 Å². The number of aromatic nitrogens is 1. The number of rotatable bonds is 6. The van der Waals surface area contributed by atoms with Crippen LogP contribution in [0.5, 0.6) is 11.5 Å². The molecule has 0 radical (unpaired) electrons. The molecule has 4 aromatic rings. The van der Waals surface area contributed by atoms with Gasteiger partial charge in [0.2, 0.25) is 0 Å². The van der Waals surface area contributed by atoms with Gasteiger partial charge in [0.15, 0.2) is 0 Å². The molecule has 1 amide bonds. The number of aliphatic carboxylic acids is 1. The lowest BCUT2D eigenvalue weighted by atomic mass is 9.93. The van der Waals surface area contributed by atoms with Crippen LogP contribution < -0.4 is 9.47 Å². The molecule has 0 spiro atoms. The smallest absolute Gasteiger partial charge is 0.323 e. The number of hydrogen-bond donors (Lipinski definition) is 2. The number of aromatic amines is 1. The third-order valence-electron chi connectivity index (χ3n) is 6.06. The van der Waals surface area contributed by atoms with E-state index in [1.165, 1.54) is 4.90 Å². The Labute approximate surface area is 190 Å². The number of H-pyrrole nitrogens is 1. The maximum absolute atomic E-state index is 13.3. The van der Waals surface area contributed by atoms with E-state index < -0.39 is 18.6 Å². The van der Waals surface area contributed by atoms with E-state index in [2.05, 4.69) is 4.98 Å². The summed E-state index contributed by atoms with van der Waals surface area (Å²) in [6, 6.07) is 20.0. The van der Waals surface area contributed by atoms with Crippen molar-refractivity contribution >= 4 is 22.8 Å². The van der Waals surface area contributed by atoms with Crippen LogP contribution in [0.25, 0.3) is 22.2 Å². The van der Waals surface area contributed by atoms with Crippen molar-refractivity contribution in [2.45, 2.75) is 6.04 Å². The van der Waals surface area contributed by atoms with Crippen molar-refractivity contribution in [2.75, 3.05) is 20.8 Å². The van der Waals surface area contributed by atoms with Crippen molar-refractivity contribution in [3.05, 3.63) is 83.4 Å². The minimum atomic E-state index is -1.07. The Bertz CT molecular complexity index is 1390. The molecule has 2 heterocycles. The van der Waals surface area contributed by atoms with E-state index in [4.69, 9.17) is 9.47 Å². The van der Waals surface area contributed by atoms with Crippen LogP contribution in [0.15, 0.2) is 66.7 Å². The zero-order chi connectivity index (χ0) is 23.1. The SMILES string of the molecule is COc1ccc(OC)c(-c2[nH]c3ccccc3c2[C@H]2c3ccccc3C(=O)N2CC(=O)O)c1. The predicted octanol–water partition coefficient (Wildman–Crippen LogP) is 4.48. The maximum Gasteiger partial charge on any atom is 0.323 e. The molecular formula is C26H22N2O5. The molecular weight excluding hydrogens is 420 g/mol. The second-order valence-corrected chi connectivity index (χ2v) is 7.84. The van der Waals surface area contributed by atoms with Gasteiger partial charge in [0.1, 0.15) is 18.0 Å². The molecule has 1 aliphatic heterocycles. The fraction of sp³-hybridized carbons (Fsp3) is 0.154. The van der Waals surface area contributed by atoms with Crippen LogP contribution in [0.2, 0.25) is 0 Å². The lowest BCUT2D eigenvalue weighted by molar-refractivity contribution is -0.138. The maximum atomic E-state index is 13.3. The van der Waals surface area contributed by atoms with E-state index in [9.17, 15) is 14.7 Å². The molecule has 1 atom stereocenters. The number of carboxylic acids is 1. The molecule has 3 aromatic carbocycles. The Morgan fingerprint density at radius 2 is 1.76 bits per heavy atom. The van der Waals surface area contributed by atoms with Crippen LogP contribution in [0.1, 0.15) is 27.5 Å². The van der Waals surface area contributed by atoms with Gasteiger partial charge in [-0.15, -0.1) is 0 Å². The van der Waals surface area contributed by atoms with Gasteiger partial charge in [0, 0.05) is 27.6 Å². The van der Waals surface area contributed by atoms with Gasteiger partial charge in [-0.25, -0.2) is 0 Å². The quantitative estimate of drug-likeness (QED) is 0.459. The molecule has 0 saturated heterocycles. The number of carbonyl (C=O) groups is 2. The first-order valence-electron chi connectivity index (χ1n) is 10.5. The lowest BCUT2D eigenvalue weighted by Gasteiger charge is -2.25. The monoisotopic (exact) mass is 442 g/mol. The molecule has 0 bridgehead atoms. The molecule has 33 heavy (non-hydrogen) atoms. The number of amides is 1. The van der Waals surface area contributed by atoms with Gasteiger partial charge in [-0.3, -0.25) is 9.59 Å². The van der Waals surface area contributed by atoms with Crippen LogP contribution >= 0.6 is 0 Å². The van der Waals surface area contributed by atoms with Crippen molar-refractivity contribution in [1.82, 2.24) is 9.88 Å². The number of nitrogens with one attached hydrogen (secondary N) is 1. The Balaban J connectivity index is 1.84. The van der Waals surface area contributed by atoms with Crippen molar-refractivity contribution in [2.24, 2.45) is 0 Å². The molecule has 1 aliphatic rings. The minimum Gasteiger partial charge on any atom is -0.497 e. The van der Waals surface area contributed by atoms with E-state index in [1.807, 2.05) is 54.6 Å². The normalized spacial score (nSPS) is 15.0. The summed E-state index contributed by atoms with van der Waals surface area (Å²) < 4.78 is 11.1. The summed E-state index contributed by atoms with van der Waals surface area (Å²) in [5.41, 5.74) is 4.48. The summed E-state index contributed by atoms with van der Waals surface area (Å²) in [6.07, 6.45) is 0. The average Bonchev–Trinajstić information content (AvgIpc) is 3.33. The molecule has 1 aromatic heterocycles. The number of carboxylic acid groups (broad SMARTS) is 1. The summed E-state index contributed by atoms with van der Waals surface area (Å²) >= 11 is 0. The highest BCUT2D eigenvalue weighted by Gasteiger charge is 2.41. The number of hydrogen-bond acceptors (Lipinski definition) is 4. The highest BCUT2D eigenvalue weighted by Crippen LogP contribution is 2.47. The number of nitrogens with zero attached hydrogens (tertiary/aromatic N) is 1. The van der Waals surface area contributed by atoms with E-state index in [0.29, 0.717) is 17.1 Å². The number of fused-ring (bicyclic) bond motifs is 2. The molecule has 0 unspecified atom stereocenters. The summed E-state index contributed by atoms with van der Waals surface area (Å²) in [5, 5.41) is 10.5. The van der Waals surface area contributed by atoms with E-state index in [0.717, 1.165) is 33.3 Å². The molecule has 5 rings (SSSR count). The van der Waals surface area contributed by atoms with Crippen molar-refractivity contribution in [1.29, 1.82) is 0 Å². The first-order chi connectivity index (χ1) is 16.0. The highest BCUT2D eigenvalue weighted by molar-refractivity contribution is 6.03. The van der Waals surface area contributed by atoms with Gasteiger partial charge in [0.25, 0.3) is 5.91 Å². The largest absolute Gasteiger partial charge is 0.497 e. The molecule has 0 fully saturated rings. The van der Waals surface area contributed by atoms with E-state index >= 15 is 0 Å². The molecule has 0 saturated carbocycles. The van der Waals surface area contributed by atoms with Crippen LogP contribution in [-0.2, 0) is 4.79 Å². The zero-order valence-electron chi connectivity index (χ0n) is 18.2. The highest BCUT2D eigenvalue weighted by atomic mass is 16.5. The molecule has 7 heteroatoms. The number of para-hydroxylation sites is 1. The Hall–Kier alpha value is -4.26. The molecule has 0 aliphatic carbocycles. The summed E-state index contributed by atoms with van der Waals surface area (Å²) in [6.45, 7) is -0.410. The number of methoxy groups -OCH3 is 2. The van der Waals surface area contributed by atoms with Gasteiger partial charge in [0.05, 0.1) is 26.0 Å². The topological polar surface area (TPSA) is 91.9 Å². The van der Waals surface area contributed by atoms with Gasteiger partial charge < -0.3 is 24.5 Å². The van der Waals surface area contributed by atoms with Gasteiger partial charge in [-0.1, -0.05) is 36.4 Å². The fourth-order valence-corrected chi connectivity index (χ4v) is 4.66. The van der Waals surface area contributed by atoms with Gasteiger partial charge in [-0.05, 0) is 35.9 Å². The molecule has 7 nitrogen and oxygen atoms in total. The Kier molecular flexibility index (Phi) is 5.01. The second kappa shape index (κ2) is 8.02.